The fourth-order valence-corrected chi connectivity index (χ4v) is 3.86. The van der Waals surface area contributed by atoms with Crippen molar-refractivity contribution >= 4 is 0 Å². The Bertz CT molecular complexity index is 271. The lowest BCUT2D eigenvalue weighted by Gasteiger charge is -2.54. The van der Waals surface area contributed by atoms with Crippen LogP contribution in [0.3, 0.4) is 0 Å². The smallest absolute Gasteiger partial charge is 0.0309 e. The predicted octanol–water partition coefficient (Wildman–Crippen LogP) is 3.42. The van der Waals surface area contributed by atoms with Gasteiger partial charge in [-0.15, -0.1) is 0 Å². The van der Waals surface area contributed by atoms with E-state index < -0.39 is 0 Å². The lowest BCUT2D eigenvalue weighted by Crippen LogP contribution is -2.68. The van der Waals surface area contributed by atoms with Gasteiger partial charge in [0.1, 0.15) is 0 Å². The minimum absolute atomic E-state index is 0.369. The van der Waals surface area contributed by atoms with Crippen molar-refractivity contribution in [1.29, 1.82) is 0 Å². The summed E-state index contributed by atoms with van der Waals surface area (Å²) >= 11 is 0. The predicted molar refractivity (Wildman–Crippen MR) is 78.9 cm³/mol. The van der Waals surface area contributed by atoms with E-state index in [1.54, 1.807) is 0 Å². The highest BCUT2D eigenvalue weighted by Gasteiger charge is 2.43. The Balaban J connectivity index is 2.12. The van der Waals surface area contributed by atoms with Crippen LogP contribution in [0.5, 0.6) is 0 Å². The molecule has 0 bridgehead atoms. The van der Waals surface area contributed by atoms with Crippen LogP contribution in [0.25, 0.3) is 0 Å². The molecule has 2 nitrogen and oxygen atoms in total. The first-order valence-corrected chi connectivity index (χ1v) is 7.85. The molecule has 0 radical (unpaired) electrons. The highest BCUT2D eigenvalue weighted by atomic mass is 15.3. The lowest BCUT2D eigenvalue weighted by molar-refractivity contribution is -0.0106. The van der Waals surface area contributed by atoms with Crippen LogP contribution in [0.1, 0.15) is 66.7 Å². The summed E-state index contributed by atoms with van der Waals surface area (Å²) in [5.74, 6) is 0. The molecule has 18 heavy (non-hydrogen) atoms. The van der Waals surface area contributed by atoms with Crippen molar-refractivity contribution in [3.8, 4) is 0 Å². The molecule has 0 aromatic heterocycles. The van der Waals surface area contributed by atoms with Gasteiger partial charge in [0.15, 0.2) is 0 Å². The summed E-state index contributed by atoms with van der Waals surface area (Å²) in [4.78, 5) is 2.77. The molecule has 0 aromatic rings. The van der Waals surface area contributed by atoms with Gasteiger partial charge in [-0.2, -0.15) is 0 Å². The Morgan fingerprint density at radius 3 is 2.22 bits per heavy atom. The van der Waals surface area contributed by atoms with Gasteiger partial charge < -0.3 is 5.32 Å². The van der Waals surface area contributed by atoms with E-state index in [4.69, 9.17) is 0 Å². The third kappa shape index (κ3) is 2.91. The molecule has 2 rings (SSSR count). The van der Waals surface area contributed by atoms with Gasteiger partial charge in [0.25, 0.3) is 0 Å². The summed E-state index contributed by atoms with van der Waals surface area (Å²) in [6, 6.07) is 1.33. The van der Waals surface area contributed by atoms with E-state index in [2.05, 4.69) is 44.8 Å². The van der Waals surface area contributed by atoms with Crippen molar-refractivity contribution in [2.24, 2.45) is 5.41 Å². The molecule has 2 aliphatic rings. The highest BCUT2D eigenvalue weighted by Crippen LogP contribution is 2.36. The van der Waals surface area contributed by atoms with Crippen LogP contribution in [0.4, 0.5) is 0 Å². The van der Waals surface area contributed by atoms with Crippen molar-refractivity contribution in [2.45, 2.75) is 84.3 Å². The zero-order valence-electron chi connectivity index (χ0n) is 13.1. The summed E-state index contributed by atoms with van der Waals surface area (Å²) in [6.45, 7) is 14.3. The maximum atomic E-state index is 3.93. The molecule has 1 saturated carbocycles. The number of piperazine rings is 1. The summed E-state index contributed by atoms with van der Waals surface area (Å²) < 4.78 is 0. The molecular formula is C16H32N2. The van der Waals surface area contributed by atoms with Gasteiger partial charge in [-0.05, 0) is 32.1 Å². The molecule has 1 saturated heterocycles. The van der Waals surface area contributed by atoms with Crippen LogP contribution in [0, 0.1) is 5.41 Å². The minimum atomic E-state index is 0.369. The van der Waals surface area contributed by atoms with Gasteiger partial charge in [-0.1, -0.05) is 40.0 Å². The van der Waals surface area contributed by atoms with Crippen LogP contribution in [-0.2, 0) is 0 Å². The Morgan fingerprint density at radius 2 is 1.72 bits per heavy atom. The molecule has 2 fully saturated rings. The normalized spacial score (nSPS) is 30.0. The van der Waals surface area contributed by atoms with Crippen LogP contribution in [0.15, 0.2) is 0 Å². The second-order valence-electron chi connectivity index (χ2n) is 7.87. The zero-order chi connectivity index (χ0) is 13.4. The zero-order valence-corrected chi connectivity index (χ0v) is 13.1. The van der Waals surface area contributed by atoms with Crippen molar-refractivity contribution < 1.29 is 0 Å². The molecule has 1 N–H and O–H groups in total. The standard InChI is InChI=1S/C16H32N2/c1-13(2)18-12-16(9-7-6-8-10-16)17-11-14(18)15(3,4)5/h13-14,17H,6-12H2,1-5H3. The van der Waals surface area contributed by atoms with Crippen LogP contribution < -0.4 is 5.32 Å². The van der Waals surface area contributed by atoms with Gasteiger partial charge >= 0.3 is 0 Å². The minimum Gasteiger partial charge on any atom is -0.308 e. The Hall–Kier alpha value is -0.0800. The van der Waals surface area contributed by atoms with E-state index in [1.807, 2.05) is 0 Å². The Morgan fingerprint density at radius 1 is 1.11 bits per heavy atom. The quantitative estimate of drug-likeness (QED) is 0.769. The Kier molecular flexibility index (Phi) is 4.08. The van der Waals surface area contributed by atoms with Crippen molar-refractivity contribution in [3.63, 3.8) is 0 Å². The molecule has 0 aromatic carbocycles. The lowest BCUT2D eigenvalue weighted by atomic mass is 9.75. The molecule has 106 valence electrons. The van der Waals surface area contributed by atoms with Gasteiger partial charge in [-0.3, -0.25) is 4.90 Å². The third-order valence-electron chi connectivity index (χ3n) is 5.03. The SMILES string of the molecule is CC(C)N1CC2(CCCCC2)NCC1C(C)(C)C. The molecule has 1 spiro atoms. The van der Waals surface area contributed by atoms with Gasteiger partial charge in [0.2, 0.25) is 0 Å². The van der Waals surface area contributed by atoms with Crippen LogP contribution in [0.2, 0.25) is 0 Å². The fourth-order valence-electron chi connectivity index (χ4n) is 3.86. The second kappa shape index (κ2) is 5.13. The largest absolute Gasteiger partial charge is 0.308 e. The van der Waals surface area contributed by atoms with Crippen LogP contribution >= 0.6 is 0 Å². The number of rotatable bonds is 1. The van der Waals surface area contributed by atoms with E-state index in [0.29, 0.717) is 23.0 Å². The summed E-state index contributed by atoms with van der Waals surface area (Å²) in [6.07, 6.45) is 7.03. The maximum Gasteiger partial charge on any atom is 0.0309 e. The first-order valence-electron chi connectivity index (χ1n) is 7.85. The second-order valence-corrected chi connectivity index (χ2v) is 7.87. The number of nitrogens with one attached hydrogen (secondary N) is 1. The molecule has 1 atom stereocenters. The maximum absolute atomic E-state index is 3.93. The summed E-state index contributed by atoms with van der Waals surface area (Å²) in [7, 11) is 0. The first-order chi connectivity index (χ1) is 8.34. The molecule has 1 heterocycles. The van der Waals surface area contributed by atoms with Gasteiger partial charge in [0, 0.05) is 30.7 Å². The molecule has 0 amide bonds. The Labute approximate surface area is 114 Å². The van der Waals surface area contributed by atoms with E-state index in [-0.39, 0.29) is 0 Å². The molecular weight excluding hydrogens is 220 g/mol. The van der Waals surface area contributed by atoms with Crippen molar-refractivity contribution in [1.82, 2.24) is 10.2 Å². The average Bonchev–Trinajstić information content (AvgIpc) is 2.28. The van der Waals surface area contributed by atoms with E-state index in [9.17, 15) is 0 Å². The molecule has 1 aliphatic heterocycles. The van der Waals surface area contributed by atoms with E-state index >= 15 is 0 Å². The van der Waals surface area contributed by atoms with E-state index in [1.165, 1.54) is 45.2 Å². The summed E-state index contributed by atoms with van der Waals surface area (Å²) in [5.41, 5.74) is 0.803. The molecule has 1 unspecified atom stereocenters. The summed E-state index contributed by atoms with van der Waals surface area (Å²) in [5, 5.41) is 3.93. The number of hydrogen-bond donors (Lipinski definition) is 1. The number of hydrogen-bond acceptors (Lipinski definition) is 2. The highest BCUT2D eigenvalue weighted by molar-refractivity contribution is 5.02. The topological polar surface area (TPSA) is 15.3 Å². The van der Waals surface area contributed by atoms with Crippen LogP contribution in [-0.4, -0.2) is 35.6 Å². The van der Waals surface area contributed by atoms with Crippen molar-refractivity contribution in [2.75, 3.05) is 13.1 Å². The average molecular weight is 252 g/mol. The van der Waals surface area contributed by atoms with Crippen molar-refractivity contribution in [3.05, 3.63) is 0 Å². The molecule has 1 aliphatic carbocycles. The molecule has 2 heteroatoms. The third-order valence-corrected chi connectivity index (χ3v) is 5.03. The first kappa shape index (κ1) is 14.3. The van der Waals surface area contributed by atoms with Gasteiger partial charge in [0.05, 0.1) is 0 Å². The van der Waals surface area contributed by atoms with Gasteiger partial charge in [-0.25, -0.2) is 0 Å². The fraction of sp³-hybridized carbons (Fsp3) is 1.00. The number of nitrogens with zero attached hydrogens (tertiary/aromatic N) is 1. The monoisotopic (exact) mass is 252 g/mol. The van der Waals surface area contributed by atoms with E-state index in [0.717, 1.165) is 0 Å².